The van der Waals surface area contributed by atoms with Gasteiger partial charge in [-0.1, -0.05) is 5.21 Å². The molecule has 1 saturated carbocycles. The Morgan fingerprint density at radius 1 is 1.23 bits per heavy atom. The number of hydrogen-bond donors (Lipinski definition) is 0. The molecule has 5 rings (SSSR count). The van der Waals surface area contributed by atoms with Crippen LogP contribution in [0.1, 0.15) is 18.5 Å². The van der Waals surface area contributed by atoms with Crippen LogP contribution in [0, 0.1) is 18.7 Å². The summed E-state index contributed by atoms with van der Waals surface area (Å²) in [4.78, 5) is 29.8. The molecule has 2 saturated heterocycles. The molecule has 3 fully saturated rings. The molecule has 2 aliphatic heterocycles. The first-order valence-corrected chi connectivity index (χ1v) is 10.7. The average molecular weight is 428 g/mol. The van der Waals surface area contributed by atoms with Gasteiger partial charge in [0.1, 0.15) is 11.9 Å². The number of rotatable bonds is 5. The molecule has 1 aliphatic carbocycles. The number of nitrogens with zero attached hydrogens (tertiary/aromatic N) is 6. The summed E-state index contributed by atoms with van der Waals surface area (Å²) in [6, 6.07) is 4.81. The number of amides is 2. The largest absolute Gasteiger partial charge is 0.442 e. The molecule has 3 aliphatic rings. The number of ether oxygens (including phenoxy) is 1. The van der Waals surface area contributed by atoms with Crippen molar-refractivity contribution in [1.82, 2.24) is 19.9 Å². The number of halogens is 1. The standard InChI is InChI=1S/C21H25FN6O3/c1-14-11-27(24-23-14)12-17-13-28(21(30)31-17)16-4-5-19(18(22)10-16)25-6-8-26(9-7-25)20(29)15-2-3-15/h4-5,10-11,15,17H,2-3,6-9,12-13H2,1H3/t17-/m0/s1. The number of carbonyl (C=O) groups is 2. The molecule has 0 unspecified atom stereocenters. The third kappa shape index (κ3) is 4.06. The molecule has 164 valence electrons. The van der Waals surface area contributed by atoms with Gasteiger partial charge in [0.15, 0.2) is 0 Å². The Kier molecular flexibility index (Phi) is 4.99. The van der Waals surface area contributed by atoms with Gasteiger partial charge in [0.05, 0.1) is 30.2 Å². The molecule has 0 radical (unpaired) electrons. The predicted molar refractivity (Wildman–Crippen MR) is 110 cm³/mol. The van der Waals surface area contributed by atoms with Gasteiger partial charge in [0, 0.05) is 38.3 Å². The number of benzene rings is 1. The van der Waals surface area contributed by atoms with Gasteiger partial charge in [-0.2, -0.15) is 0 Å². The Bertz CT molecular complexity index is 999. The van der Waals surface area contributed by atoms with Gasteiger partial charge < -0.3 is 14.5 Å². The summed E-state index contributed by atoms with van der Waals surface area (Å²) in [5.74, 6) is 0.0569. The van der Waals surface area contributed by atoms with Crippen LogP contribution in [-0.2, 0) is 16.1 Å². The van der Waals surface area contributed by atoms with Gasteiger partial charge in [0.2, 0.25) is 5.91 Å². The fourth-order valence-corrected chi connectivity index (χ4v) is 4.20. The van der Waals surface area contributed by atoms with Gasteiger partial charge in [0.25, 0.3) is 0 Å². The van der Waals surface area contributed by atoms with E-state index in [0.29, 0.717) is 50.6 Å². The lowest BCUT2D eigenvalue weighted by atomic mass is 10.2. The third-order valence-corrected chi connectivity index (χ3v) is 6.02. The summed E-state index contributed by atoms with van der Waals surface area (Å²) in [6.45, 7) is 4.97. The smallest absolute Gasteiger partial charge is 0.414 e. The number of anilines is 2. The zero-order chi connectivity index (χ0) is 21.5. The lowest BCUT2D eigenvalue weighted by Gasteiger charge is -2.36. The van der Waals surface area contributed by atoms with Gasteiger partial charge in [-0.3, -0.25) is 9.69 Å². The Hall–Kier alpha value is -3.17. The molecule has 10 heteroatoms. The minimum Gasteiger partial charge on any atom is -0.442 e. The Morgan fingerprint density at radius 3 is 2.65 bits per heavy atom. The molecule has 3 heterocycles. The second-order valence-electron chi connectivity index (χ2n) is 8.42. The lowest BCUT2D eigenvalue weighted by Crippen LogP contribution is -2.49. The number of cyclic esters (lactones) is 1. The Labute approximate surface area is 179 Å². The number of piperazine rings is 1. The van der Waals surface area contributed by atoms with Crippen LogP contribution in [0.4, 0.5) is 20.6 Å². The Morgan fingerprint density at radius 2 is 2.00 bits per heavy atom. The van der Waals surface area contributed by atoms with Crippen molar-refractivity contribution in [2.45, 2.75) is 32.4 Å². The second-order valence-corrected chi connectivity index (χ2v) is 8.42. The molecule has 0 spiro atoms. The lowest BCUT2D eigenvalue weighted by molar-refractivity contribution is -0.132. The van der Waals surface area contributed by atoms with E-state index in [1.165, 1.54) is 11.0 Å². The second kappa shape index (κ2) is 7.82. The van der Waals surface area contributed by atoms with Crippen molar-refractivity contribution in [2.75, 3.05) is 42.5 Å². The van der Waals surface area contributed by atoms with Crippen molar-refractivity contribution >= 4 is 23.4 Å². The van der Waals surface area contributed by atoms with Crippen molar-refractivity contribution in [3.8, 4) is 0 Å². The van der Waals surface area contributed by atoms with E-state index >= 15 is 0 Å². The first-order valence-electron chi connectivity index (χ1n) is 10.7. The SMILES string of the molecule is Cc1cn(C[C@H]2CN(c3ccc(N4CCN(C(=O)C5CC5)CC4)c(F)c3)C(=O)O2)nn1. The number of hydrogen-bond acceptors (Lipinski definition) is 6. The van der Waals surface area contributed by atoms with E-state index in [1.54, 1.807) is 23.0 Å². The molecule has 0 N–H and O–H groups in total. The highest BCUT2D eigenvalue weighted by atomic mass is 19.1. The number of aryl methyl sites for hydroxylation is 1. The topological polar surface area (TPSA) is 83.8 Å². The van der Waals surface area contributed by atoms with Crippen LogP contribution < -0.4 is 9.80 Å². The van der Waals surface area contributed by atoms with E-state index in [1.807, 2.05) is 16.7 Å². The fraction of sp³-hybridized carbons (Fsp3) is 0.524. The minimum absolute atomic E-state index is 0.209. The first-order chi connectivity index (χ1) is 15.0. The van der Waals surface area contributed by atoms with Gasteiger partial charge in [-0.15, -0.1) is 5.10 Å². The van der Waals surface area contributed by atoms with Crippen molar-refractivity contribution in [1.29, 1.82) is 0 Å². The summed E-state index contributed by atoms with van der Waals surface area (Å²) in [5.41, 5.74) is 1.74. The van der Waals surface area contributed by atoms with Gasteiger partial charge >= 0.3 is 6.09 Å². The fourth-order valence-electron chi connectivity index (χ4n) is 4.20. The van der Waals surface area contributed by atoms with Crippen molar-refractivity contribution in [2.24, 2.45) is 5.92 Å². The highest BCUT2D eigenvalue weighted by molar-refractivity contribution is 5.90. The summed E-state index contributed by atoms with van der Waals surface area (Å²) >= 11 is 0. The molecule has 1 aromatic heterocycles. The average Bonchev–Trinajstić information content (AvgIpc) is 3.44. The maximum atomic E-state index is 14.9. The van der Waals surface area contributed by atoms with Gasteiger partial charge in [-0.25, -0.2) is 13.9 Å². The Balaban J connectivity index is 1.22. The van der Waals surface area contributed by atoms with E-state index in [9.17, 15) is 14.0 Å². The van der Waals surface area contributed by atoms with E-state index in [-0.39, 0.29) is 23.7 Å². The van der Waals surface area contributed by atoms with Crippen LogP contribution in [0.3, 0.4) is 0 Å². The molecule has 31 heavy (non-hydrogen) atoms. The maximum absolute atomic E-state index is 14.9. The van der Waals surface area contributed by atoms with Crippen LogP contribution in [0.2, 0.25) is 0 Å². The quantitative estimate of drug-likeness (QED) is 0.722. The number of carbonyl (C=O) groups excluding carboxylic acids is 2. The zero-order valence-corrected chi connectivity index (χ0v) is 17.4. The zero-order valence-electron chi connectivity index (χ0n) is 17.4. The monoisotopic (exact) mass is 428 g/mol. The molecule has 2 aromatic rings. The summed E-state index contributed by atoms with van der Waals surface area (Å²) in [6.07, 6.45) is 2.89. The first kappa shape index (κ1) is 19.8. The minimum atomic E-state index is -0.499. The molecule has 2 amide bonds. The third-order valence-electron chi connectivity index (χ3n) is 6.02. The normalized spacial score (nSPS) is 21.5. The van der Waals surface area contributed by atoms with E-state index in [0.717, 1.165) is 18.5 Å². The summed E-state index contributed by atoms with van der Waals surface area (Å²) in [7, 11) is 0. The van der Waals surface area contributed by atoms with Crippen LogP contribution >= 0.6 is 0 Å². The van der Waals surface area contributed by atoms with Crippen molar-refractivity contribution in [3.63, 3.8) is 0 Å². The molecular formula is C21H25FN6O3. The van der Waals surface area contributed by atoms with E-state index < -0.39 is 6.09 Å². The van der Waals surface area contributed by atoms with Crippen LogP contribution in [0.25, 0.3) is 0 Å². The highest BCUT2D eigenvalue weighted by Gasteiger charge is 2.35. The van der Waals surface area contributed by atoms with Gasteiger partial charge in [-0.05, 0) is 38.0 Å². The number of aromatic nitrogens is 3. The van der Waals surface area contributed by atoms with Crippen molar-refractivity contribution in [3.05, 3.63) is 35.9 Å². The predicted octanol–water partition coefficient (Wildman–Crippen LogP) is 1.81. The highest BCUT2D eigenvalue weighted by Crippen LogP contribution is 2.32. The van der Waals surface area contributed by atoms with Crippen LogP contribution in [-0.4, -0.2) is 70.7 Å². The molecule has 0 bridgehead atoms. The summed E-state index contributed by atoms with van der Waals surface area (Å²) < 4.78 is 22.0. The molecule has 9 nitrogen and oxygen atoms in total. The van der Waals surface area contributed by atoms with E-state index in [4.69, 9.17) is 4.74 Å². The maximum Gasteiger partial charge on any atom is 0.414 e. The molecule has 1 atom stereocenters. The van der Waals surface area contributed by atoms with Crippen molar-refractivity contribution < 1.29 is 18.7 Å². The molecular weight excluding hydrogens is 403 g/mol. The van der Waals surface area contributed by atoms with Crippen LogP contribution in [0.15, 0.2) is 24.4 Å². The molecule has 1 aromatic carbocycles. The van der Waals surface area contributed by atoms with E-state index in [2.05, 4.69) is 10.3 Å². The summed E-state index contributed by atoms with van der Waals surface area (Å²) in [5, 5.41) is 7.90. The van der Waals surface area contributed by atoms with Crippen LogP contribution in [0.5, 0.6) is 0 Å².